The van der Waals surface area contributed by atoms with Crippen molar-refractivity contribution in [1.29, 1.82) is 0 Å². The van der Waals surface area contributed by atoms with E-state index in [2.05, 4.69) is 10.1 Å². The summed E-state index contributed by atoms with van der Waals surface area (Å²) in [7, 11) is 0. The minimum atomic E-state index is 0. The SMILES string of the molecule is OOOO.[H-].[H-].[H-].[H-].[Na+].[Na+].[Na+].[Na+]. The molecular formula is H6Na4O4. The first-order valence-corrected chi connectivity index (χ1v) is 0.532. The Hall–Kier alpha value is 3.84. The first kappa shape index (κ1) is 29.7. The normalized spacial score (nSPS) is 3.75. The van der Waals surface area contributed by atoms with Gasteiger partial charge in [0, 0.05) is 0 Å². The molecule has 0 rings (SSSR count). The van der Waals surface area contributed by atoms with Gasteiger partial charge >= 0.3 is 118 Å². The van der Waals surface area contributed by atoms with Gasteiger partial charge < -0.3 is 5.71 Å². The van der Waals surface area contributed by atoms with Crippen molar-refractivity contribution in [1.82, 2.24) is 0 Å². The predicted octanol–water partition coefficient (Wildman–Crippen LogP) is -11.7. The largest absolute Gasteiger partial charge is 1.00 e. The topological polar surface area (TPSA) is 58.9 Å². The van der Waals surface area contributed by atoms with Crippen molar-refractivity contribution >= 4 is 0 Å². The van der Waals surface area contributed by atoms with E-state index < -0.39 is 0 Å². The Balaban J connectivity index is -0.00000000161. The molecule has 0 bridgehead atoms. The van der Waals surface area contributed by atoms with E-state index in [-0.39, 0.29) is 124 Å². The maximum Gasteiger partial charge on any atom is 1.00 e. The summed E-state index contributed by atoms with van der Waals surface area (Å²) in [6, 6.07) is 0. The second kappa shape index (κ2) is 30.8. The Morgan fingerprint density at radius 2 is 0.875 bits per heavy atom. The predicted molar refractivity (Wildman–Crippen MR) is 11.9 cm³/mol. The zero-order chi connectivity index (χ0) is 3.41. The van der Waals surface area contributed by atoms with E-state index in [9.17, 15) is 0 Å². The molecule has 0 saturated heterocycles. The van der Waals surface area contributed by atoms with E-state index in [0.717, 1.165) is 0 Å². The zero-order valence-corrected chi connectivity index (χ0v) is 13.7. The van der Waals surface area contributed by atoms with Crippen molar-refractivity contribution in [2.75, 3.05) is 0 Å². The summed E-state index contributed by atoms with van der Waals surface area (Å²) in [6.45, 7) is 0. The molecule has 0 aliphatic heterocycles. The summed E-state index contributed by atoms with van der Waals surface area (Å²) in [6.07, 6.45) is 0. The average Bonchev–Trinajstić information content (AvgIpc) is 1.37. The number of hydrogen-bond acceptors (Lipinski definition) is 4. The molecule has 0 aromatic carbocycles. The smallest absolute Gasteiger partial charge is 1.00 e. The number of hydrogen-bond donors (Lipinski definition) is 2. The molecule has 0 aromatic heterocycles. The quantitative estimate of drug-likeness (QED) is 0.228. The Labute approximate surface area is 142 Å². The summed E-state index contributed by atoms with van der Waals surface area (Å²) < 4.78 is 0. The van der Waals surface area contributed by atoms with Gasteiger partial charge in [-0.15, -0.1) is 0 Å². The van der Waals surface area contributed by atoms with E-state index in [0.29, 0.717) is 0 Å². The van der Waals surface area contributed by atoms with Gasteiger partial charge in [0.25, 0.3) is 0 Å². The van der Waals surface area contributed by atoms with Crippen molar-refractivity contribution < 1.29 is 145 Å². The van der Waals surface area contributed by atoms with Crippen molar-refractivity contribution in [2.24, 2.45) is 0 Å². The van der Waals surface area contributed by atoms with Crippen LogP contribution in [0, 0.1) is 0 Å². The van der Waals surface area contributed by atoms with Gasteiger partial charge in [-0.05, 0) is 10.1 Å². The molecular weight excluding hydrogens is 156 g/mol. The zero-order valence-electron chi connectivity index (χ0n) is 9.71. The van der Waals surface area contributed by atoms with Gasteiger partial charge in [-0.3, -0.25) is 0 Å². The standard InChI is InChI=1S/4Na.H2O4.4H/c;;;;1-3-4-2;;;;/h;;;;1-2H;;;;/q4*+1;;4*-1. The molecule has 8 heavy (non-hydrogen) atoms. The molecule has 0 amide bonds. The fraction of sp³-hybridized carbons (Fsp3) is 0. The Kier molecular flexibility index (Phi) is 114. The fourth-order valence-electron chi connectivity index (χ4n) is 0. The van der Waals surface area contributed by atoms with Crippen LogP contribution in [0.2, 0.25) is 0 Å². The molecule has 8 heteroatoms. The van der Waals surface area contributed by atoms with Crippen LogP contribution in [-0.2, 0) is 10.1 Å². The van der Waals surface area contributed by atoms with Crippen LogP contribution < -0.4 is 118 Å². The molecule has 0 heterocycles. The first-order valence-electron chi connectivity index (χ1n) is 0.532. The van der Waals surface area contributed by atoms with Gasteiger partial charge in [-0.25, -0.2) is 10.5 Å². The second-order valence-electron chi connectivity index (χ2n) is 0.149. The average molecular weight is 162 g/mol. The molecule has 0 aliphatic carbocycles. The van der Waals surface area contributed by atoms with Crippen LogP contribution in [0.1, 0.15) is 5.71 Å². The van der Waals surface area contributed by atoms with E-state index >= 15 is 0 Å². The van der Waals surface area contributed by atoms with Gasteiger partial charge in [0.05, 0.1) is 0 Å². The van der Waals surface area contributed by atoms with Crippen LogP contribution in [0.5, 0.6) is 0 Å². The maximum atomic E-state index is 6.90. The summed E-state index contributed by atoms with van der Waals surface area (Å²) in [5.41, 5.74) is 0. The van der Waals surface area contributed by atoms with Crippen molar-refractivity contribution in [3.8, 4) is 0 Å². The van der Waals surface area contributed by atoms with Crippen molar-refractivity contribution in [3.63, 3.8) is 0 Å². The Bertz CT molecular complexity index is 21.0. The van der Waals surface area contributed by atoms with E-state index in [4.69, 9.17) is 10.5 Å². The monoisotopic (exact) mass is 162 g/mol. The molecule has 0 saturated carbocycles. The molecule has 0 aliphatic rings. The van der Waals surface area contributed by atoms with Crippen LogP contribution in [-0.4, -0.2) is 10.5 Å². The molecule has 0 fully saturated rings. The summed E-state index contributed by atoms with van der Waals surface area (Å²) >= 11 is 0. The molecule has 0 aromatic rings. The summed E-state index contributed by atoms with van der Waals surface area (Å²) in [4.78, 5) is 0. The molecule has 34 valence electrons. The number of rotatable bonds is 1. The van der Waals surface area contributed by atoms with Crippen LogP contribution in [0.3, 0.4) is 0 Å². The second-order valence-corrected chi connectivity index (χ2v) is 0.149. The van der Waals surface area contributed by atoms with E-state index in [1.807, 2.05) is 0 Å². The van der Waals surface area contributed by atoms with Crippen LogP contribution >= 0.6 is 0 Å². The van der Waals surface area contributed by atoms with Gasteiger partial charge in [0.1, 0.15) is 0 Å². The third-order valence-electron chi connectivity index (χ3n) is 0.0333. The third kappa shape index (κ3) is 32.8. The van der Waals surface area contributed by atoms with Crippen molar-refractivity contribution in [2.45, 2.75) is 0 Å². The van der Waals surface area contributed by atoms with Crippen LogP contribution in [0.15, 0.2) is 0 Å². The van der Waals surface area contributed by atoms with Gasteiger partial charge in [0.2, 0.25) is 0 Å². The van der Waals surface area contributed by atoms with Gasteiger partial charge in [-0.2, -0.15) is 0 Å². The first-order chi connectivity index (χ1) is 1.91. The summed E-state index contributed by atoms with van der Waals surface area (Å²) in [5, 5.41) is 19.0. The van der Waals surface area contributed by atoms with Gasteiger partial charge in [0.15, 0.2) is 0 Å². The van der Waals surface area contributed by atoms with Crippen LogP contribution in [0.4, 0.5) is 0 Å². The minimum absolute atomic E-state index is 0. The van der Waals surface area contributed by atoms with E-state index in [1.54, 1.807) is 0 Å². The molecule has 0 radical (unpaired) electrons. The maximum absolute atomic E-state index is 6.90. The fourth-order valence-corrected chi connectivity index (χ4v) is 0. The van der Waals surface area contributed by atoms with Crippen LogP contribution in [0.25, 0.3) is 0 Å². The molecule has 0 unspecified atom stereocenters. The Morgan fingerprint density at radius 1 is 0.750 bits per heavy atom. The third-order valence-corrected chi connectivity index (χ3v) is 0.0333. The molecule has 0 spiro atoms. The summed E-state index contributed by atoms with van der Waals surface area (Å²) in [5.74, 6) is 0. The Morgan fingerprint density at radius 3 is 0.875 bits per heavy atom. The van der Waals surface area contributed by atoms with Crippen molar-refractivity contribution in [3.05, 3.63) is 0 Å². The minimum Gasteiger partial charge on any atom is -1.00 e. The molecule has 4 nitrogen and oxygen atoms in total. The molecule has 2 N–H and O–H groups in total. The molecule has 0 atom stereocenters. The van der Waals surface area contributed by atoms with E-state index in [1.165, 1.54) is 0 Å². The van der Waals surface area contributed by atoms with Gasteiger partial charge in [-0.1, -0.05) is 0 Å².